The number of carbonyl (C=O) groups is 1. The number of nitrogens with zero attached hydrogens (tertiary/aromatic N) is 2. The highest BCUT2D eigenvalue weighted by molar-refractivity contribution is 5.81. The van der Waals surface area contributed by atoms with Gasteiger partial charge in [0.2, 0.25) is 5.91 Å². The van der Waals surface area contributed by atoms with Crippen molar-refractivity contribution in [3.8, 4) is 0 Å². The van der Waals surface area contributed by atoms with Crippen LogP contribution in [-0.4, -0.2) is 54.0 Å². The third-order valence-corrected chi connectivity index (χ3v) is 3.56. The second-order valence-corrected chi connectivity index (χ2v) is 4.46. The van der Waals surface area contributed by atoms with E-state index < -0.39 is 0 Å². The van der Waals surface area contributed by atoms with Crippen LogP contribution in [0.5, 0.6) is 0 Å². The summed E-state index contributed by atoms with van der Waals surface area (Å²) < 4.78 is 0. The van der Waals surface area contributed by atoms with E-state index in [1.807, 2.05) is 11.8 Å². The van der Waals surface area contributed by atoms with Crippen LogP contribution < -0.4 is 5.73 Å². The van der Waals surface area contributed by atoms with E-state index in [1.54, 1.807) is 0 Å². The summed E-state index contributed by atoms with van der Waals surface area (Å²) in [4.78, 5) is 16.3. The van der Waals surface area contributed by atoms with E-state index in [-0.39, 0.29) is 11.9 Å². The Morgan fingerprint density at radius 1 is 1.44 bits per heavy atom. The Kier molecular flexibility index (Phi) is 5.22. The van der Waals surface area contributed by atoms with E-state index in [4.69, 9.17) is 5.73 Å². The molecule has 16 heavy (non-hydrogen) atoms. The van der Waals surface area contributed by atoms with Gasteiger partial charge in [0.05, 0.1) is 6.04 Å². The molecule has 0 aliphatic carbocycles. The zero-order chi connectivity index (χ0) is 12.1. The highest BCUT2D eigenvalue weighted by atomic mass is 16.2. The molecule has 0 radical (unpaired) electrons. The van der Waals surface area contributed by atoms with Crippen LogP contribution in [-0.2, 0) is 4.79 Å². The Morgan fingerprint density at radius 3 is 2.56 bits per heavy atom. The summed E-state index contributed by atoms with van der Waals surface area (Å²) in [7, 11) is 0. The predicted octanol–water partition coefficient (Wildman–Crippen LogP) is 0.666. The zero-order valence-electron chi connectivity index (χ0n) is 10.8. The van der Waals surface area contributed by atoms with Crippen molar-refractivity contribution in [2.45, 2.75) is 45.7 Å². The smallest absolute Gasteiger partial charge is 0.239 e. The van der Waals surface area contributed by atoms with Gasteiger partial charge in [-0.15, -0.1) is 0 Å². The fourth-order valence-corrected chi connectivity index (χ4v) is 2.39. The molecule has 2 N–H and O–H groups in total. The van der Waals surface area contributed by atoms with Crippen LogP contribution in [0.1, 0.15) is 33.6 Å². The van der Waals surface area contributed by atoms with Crippen LogP contribution in [0.4, 0.5) is 0 Å². The van der Waals surface area contributed by atoms with Gasteiger partial charge in [-0.3, -0.25) is 9.69 Å². The van der Waals surface area contributed by atoms with Crippen LogP contribution in [0, 0.1) is 0 Å². The predicted molar refractivity (Wildman–Crippen MR) is 66.2 cm³/mol. The van der Waals surface area contributed by atoms with Crippen molar-refractivity contribution in [3.05, 3.63) is 0 Å². The lowest BCUT2D eigenvalue weighted by molar-refractivity contribution is -0.131. The Morgan fingerprint density at radius 2 is 2.06 bits per heavy atom. The topological polar surface area (TPSA) is 49.6 Å². The summed E-state index contributed by atoms with van der Waals surface area (Å²) >= 11 is 0. The van der Waals surface area contributed by atoms with Crippen molar-refractivity contribution in [2.24, 2.45) is 5.73 Å². The Balaban J connectivity index is 2.48. The maximum Gasteiger partial charge on any atom is 0.239 e. The molecule has 0 bridgehead atoms. The largest absolute Gasteiger partial charge is 0.340 e. The third kappa shape index (κ3) is 2.95. The quantitative estimate of drug-likeness (QED) is 0.751. The van der Waals surface area contributed by atoms with Gasteiger partial charge in [0.25, 0.3) is 0 Å². The fraction of sp³-hybridized carbons (Fsp3) is 0.917. The Labute approximate surface area is 98.8 Å². The van der Waals surface area contributed by atoms with Gasteiger partial charge in [0, 0.05) is 19.1 Å². The summed E-state index contributed by atoms with van der Waals surface area (Å²) in [5.74, 6) is 0.122. The maximum atomic E-state index is 11.9. The van der Waals surface area contributed by atoms with Crippen molar-refractivity contribution < 1.29 is 4.79 Å². The molecule has 4 nitrogen and oxygen atoms in total. The molecule has 0 aromatic carbocycles. The van der Waals surface area contributed by atoms with Crippen LogP contribution in [0.2, 0.25) is 0 Å². The minimum Gasteiger partial charge on any atom is -0.340 e. The highest BCUT2D eigenvalue weighted by Crippen LogP contribution is 2.16. The van der Waals surface area contributed by atoms with Crippen molar-refractivity contribution >= 4 is 5.91 Å². The molecular formula is C12H25N3O. The average Bonchev–Trinajstić information content (AvgIpc) is 2.78. The van der Waals surface area contributed by atoms with Gasteiger partial charge in [-0.1, -0.05) is 20.8 Å². The van der Waals surface area contributed by atoms with E-state index in [2.05, 4.69) is 18.7 Å². The van der Waals surface area contributed by atoms with E-state index in [1.165, 1.54) is 0 Å². The lowest BCUT2D eigenvalue weighted by Gasteiger charge is -2.26. The molecule has 1 saturated heterocycles. The first-order valence-corrected chi connectivity index (χ1v) is 6.42. The lowest BCUT2D eigenvalue weighted by atomic mass is 10.2. The molecule has 1 amide bonds. The van der Waals surface area contributed by atoms with Crippen LogP contribution in [0.25, 0.3) is 0 Å². The van der Waals surface area contributed by atoms with Crippen LogP contribution in [0.3, 0.4) is 0 Å². The van der Waals surface area contributed by atoms with Gasteiger partial charge in [0.1, 0.15) is 0 Å². The molecule has 1 aliphatic rings. The molecule has 0 saturated carbocycles. The summed E-state index contributed by atoms with van der Waals surface area (Å²) in [5.41, 5.74) is 5.78. The van der Waals surface area contributed by atoms with E-state index in [0.29, 0.717) is 6.04 Å². The molecule has 2 atom stereocenters. The van der Waals surface area contributed by atoms with Gasteiger partial charge < -0.3 is 10.6 Å². The lowest BCUT2D eigenvalue weighted by Crippen LogP contribution is -2.44. The SMILES string of the molecule is CC[C@@H](N)C(=O)N1CCC(N(CC)CC)C1. The first kappa shape index (κ1) is 13.5. The molecular weight excluding hydrogens is 202 g/mol. The summed E-state index contributed by atoms with van der Waals surface area (Å²) in [6, 6.07) is 0.221. The number of rotatable bonds is 5. The molecule has 0 aromatic heterocycles. The van der Waals surface area contributed by atoms with E-state index in [9.17, 15) is 4.79 Å². The molecule has 1 fully saturated rings. The summed E-state index contributed by atoms with van der Waals surface area (Å²) in [6.07, 6.45) is 1.81. The van der Waals surface area contributed by atoms with Gasteiger partial charge in [-0.25, -0.2) is 0 Å². The van der Waals surface area contributed by atoms with E-state index >= 15 is 0 Å². The number of carbonyl (C=O) groups excluding carboxylic acids is 1. The number of hydrogen-bond acceptors (Lipinski definition) is 3. The van der Waals surface area contributed by atoms with Gasteiger partial charge >= 0.3 is 0 Å². The van der Waals surface area contributed by atoms with Gasteiger partial charge in [-0.05, 0) is 25.9 Å². The highest BCUT2D eigenvalue weighted by Gasteiger charge is 2.30. The summed E-state index contributed by atoms with van der Waals surface area (Å²) in [5, 5.41) is 0. The number of likely N-dealkylation sites (tertiary alicyclic amines) is 1. The third-order valence-electron chi connectivity index (χ3n) is 3.56. The molecule has 1 aliphatic heterocycles. The van der Waals surface area contributed by atoms with Crippen LogP contribution >= 0.6 is 0 Å². The number of hydrogen-bond donors (Lipinski definition) is 1. The Bertz CT molecular complexity index is 228. The monoisotopic (exact) mass is 227 g/mol. The first-order valence-electron chi connectivity index (χ1n) is 6.42. The number of nitrogens with two attached hydrogens (primary N) is 1. The second-order valence-electron chi connectivity index (χ2n) is 4.46. The average molecular weight is 227 g/mol. The maximum absolute atomic E-state index is 11.9. The molecule has 0 spiro atoms. The fourth-order valence-electron chi connectivity index (χ4n) is 2.39. The van der Waals surface area contributed by atoms with Crippen molar-refractivity contribution in [2.75, 3.05) is 26.2 Å². The molecule has 4 heteroatoms. The molecule has 0 aromatic rings. The zero-order valence-corrected chi connectivity index (χ0v) is 10.8. The molecule has 1 rings (SSSR count). The standard InChI is InChI=1S/C12H25N3O/c1-4-11(13)12(16)15-8-7-10(9-15)14(5-2)6-3/h10-11H,4-9,13H2,1-3H3/t10?,11-/m1/s1. The van der Waals surface area contributed by atoms with Crippen molar-refractivity contribution in [3.63, 3.8) is 0 Å². The van der Waals surface area contributed by atoms with Gasteiger partial charge in [0.15, 0.2) is 0 Å². The minimum atomic E-state index is -0.310. The van der Waals surface area contributed by atoms with Crippen molar-refractivity contribution in [1.29, 1.82) is 0 Å². The number of likely N-dealkylation sites (N-methyl/N-ethyl adjacent to an activating group) is 1. The van der Waals surface area contributed by atoms with Crippen molar-refractivity contribution in [1.82, 2.24) is 9.80 Å². The minimum absolute atomic E-state index is 0.122. The Hall–Kier alpha value is -0.610. The van der Waals surface area contributed by atoms with Crippen LogP contribution in [0.15, 0.2) is 0 Å². The first-order chi connectivity index (χ1) is 7.63. The molecule has 1 heterocycles. The molecule has 1 unspecified atom stereocenters. The van der Waals surface area contributed by atoms with E-state index in [0.717, 1.165) is 39.0 Å². The normalized spacial score (nSPS) is 22.8. The van der Waals surface area contributed by atoms with Gasteiger partial charge in [-0.2, -0.15) is 0 Å². The second kappa shape index (κ2) is 6.21. The molecule has 94 valence electrons. The number of amides is 1. The summed E-state index contributed by atoms with van der Waals surface area (Å²) in [6.45, 7) is 10.1.